The van der Waals surface area contributed by atoms with Gasteiger partial charge in [0.1, 0.15) is 17.6 Å². The van der Waals surface area contributed by atoms with Gasteiger partial charge in [-0.25, -0.2) is 13.8 Å². The van der Waals surface area contributed by atoms with Crippen molar-refractivity contribution in [3.8, 4) is 22.6 Å². The third-order valence-corrected chi connectivity index (χ3v) is 5.24. The van der Waals surface area contributed by atoms with E-state index in [1.807, 2.05) is 0 Å². The Morgan fingerprint density at radius 2 is 1.91 bits per heavy atom. The van der Waals surface area contributed by atoms with Crippen LogP contribution in [-0.2, 0) is 9.30 Å². The summed E-state index contributed by atoms with van der Waals surface area (Å²) < 4.78 is 28.8. The fraction of sp³-hybridized carbons (Fsp3) is 0.350. The van der Waals surface area contributed by atoms with Gasteiger partial charge in [-0.3, -0.25) is 9.88 Å². The van der Waals surface area contributed by atoms with Crippen LogP contribution in [0.5, 0.6) is 0 Å². The molecule has 1 unspecified atom stereocenters. The van der Waals surface area contributed by atoms with Crippen molar-refractivity contribution in [2.75, 3.05) is 11.4 Å². The highest BCUT2D eigenvalue weighted by Gasteiger charge is 2.35. The number of benzene rings is 1. The molecular formula is C20H22FN6O7P. The van der Waals surface area contributed by atoms with E-state index in [9.17, 15) is 14.3 Å². The summed E-state index contributed by atoms with van der Waals surface area (Å²) in [5.74, 6) is -0.0577. The molecule has 0 radical (unpaired) electrons. The highest BCUT2D eigenvalue weighted by atomic mass is 31.2. The number of anilines is 1. The number of hydrogen-bond acceptors (Lipinski definition) is 8. The first-order valence-electron chi connectivity index (χ1n) is 10.5. The van der Waals surface area contributed by atoms with Gasteiger partial charge in [0, 0.05) is 17.3 Å². The number of carbonyl (C=O) groups excluding carboxylic acids is 1. The highest BCUT2D eigenvalue weighted by Crippen LogP contribution is 2.33. The minimum Gasteiger partial charge on any atom is -0.441 e. The Hall–Kier alpha value is -3.29. The topological polar surface area (TPSA) is 184 Å². The maximum absolute atomic E-state index is 14.8. The molecule has 3 heterocycles. The fourth-order valence-corrected chi connectivity index (χ4v) is 3.33. The van der Waals surface area contributed by atoms with E-state index in [2.05, 4.69) is 20.4 Å². The molecular weight excluding hydrogens is 486 g/mol. The molecule has 35 heavy (non-hydrogen) atoms. The molecule has 1 aliphatic carbocycles. The van der Waals surface area contributed by atoms with E-state index in [1.165, 1.54) is 11.0 Å². The maximum Gasteiger partial charge on any atom is 0.466 e. The van der Waals surface area contributed by atoms with E-state index in [0.717, 1.165) is 12.8 Å². The molecule has 1 saturated heterocycles. The zero-order valence-electron chi connectivity index (χ0n) is 18.3. The molecule has 186 valence electrons. The Bertz CT molecular complexity index is 1250. The minimum absolute atomic E-state index is 0.167. The number of rotatable bonds is 5. The number of halogens is 1. The van der Waals surface area contributed by atoms with Crippen LogP contribution < -0.4 is 4.90 Å². The van der Waals surface area contributed by atoms with Gasteiger partial charge in [0.2, 0.25) is 5.82 Å². The van der Waals surface area contributed by atoms with E-state index in [1.54, 1.807) is 42.2 Å². The van der Waals surface area contributed by atoms with Gasteiger partial charge in [0.15, 0.2) is 0 Å². The summed E-state index contributed by atoms with van der Waals surface area (Å²) in [4.78, 5) is 40.8. The van der Waals surface area contributed by atoms with Crippen LogP contribution in [0.15, 0.2) is 36.5 Å². The second-order valence-corrected chi connectivity index (χ2v) is 9.07. The molecule has 4 N–H and O–H groups in total. The van der Waals surface area contributed by atoms with Crippen LogP contribution in [0.1, 0.15) is 25.8 Å². The number of aromatic nitrogens is 5. The summed E-state index contributed by atoms with van der Waals surface area (Å²) in [5.41, 5.74) is 1.87. The van der Waals surface area contributed by atoms with Gasteiger partial charge in [-0.1, -0.05) is 6.07 Å². The second kappa shape index (κ2) is 9.76. The molecule has 2 atom stereocenters. The number of carbonyl (C=O) groups is 1. The van der Waals surface area contributed by atoms with Crippen molar-refractivity contribution in [1.82, 2.24) is 25.2 Å². The first-order chi connectivity index (χ1) is 16.5. The average molecular weight is 508 g/mol. The van der Waals surface area contributed by atoms with E-state index in [0.29, 0.717) is 34.4 Å². The van der Waals surface area contributed by atoms with E-state index < -0.39 is 31.9 Å². The number of phosphoric acid groups is 1. The van der Waals surface area contributed by atoms with Gasteiger partial charge in [-0.15, -0.1) is 10.2 Å². The van der Waals surface area contributed by atoms with E-state index in [4.69, 9.17) is 24.0 Å². The Labute approximate surface area is 198 Å². The summed E-state index contributed by atoms with van der Waals surface area (Å²) in [5, 5.41) is 22.0. The Kier molecular flexibility index (Phi) is 6.92. The number of nitrogens with zero attached hydrogens (tertiary/aromatic N) is 6. The number of cyclic esters (lactones) is 1. The summed E-state index contributed by atoms with van der Waals surface area (Å²) in [6.07, 6.45) is 1.64. The number of aliphatic hydroxyl groups is 1. The van der Waals surface area contributed by atoms with Crippen molar-refractivity contribution < 1.29 is 38.3 Å². The third-order valence-electron chi connectivity index (χ3n) is 5.24. The van der Waals surface area contributed by atoms with Crippen LogP contribution in [0.2, 0.25) is 0 Å². The van der Waals surface area contributed by atoms with Crippen molar-refractivity contribution in [2.45, 2.75) is 38.0 Å². The Morgan fingerprint density at radius 3 is 2.46 bits per heavy atom. The van der Waals surface area contributed by atoms with Crippen molar-refractivity contribution in [2.24, 2.45) is 0 Å². The Balaban J connectivity index is 0.000000527. The van der Waals surface area contributed by atoms with Crippen LogP contribution in [0.4, 0.5) is 14.9 Å². The van der Waals surface area contributed by atoms with Crippen molar-refractivity contribution >= 4 is 19.6 Å². The van der Waals surface area contributed by atoms with Gasteiger partial charge in [-0.05, 0) is 49.2 Å². The van der Waals surface area contributed by atoms with E-state index >= 15 is 0 Å². The van der Waals surface area contributed by atoms with Crippen molar-refractivity contribution in [3.05, 3.63) is 42.3 Å². The number of ether oxygens (including phenoxy) is 1. The SMILES string of the molecule is CC(O)[C@@H]1CN(c2ccc(-c3ccc(-c4nnn(C5CC5)n4)nc3)c(F)c2)C(=O)O1.O=P(O)(O)O. The number of tetrazole rings is 1. The van der Waals surface area contributed by atoms with Crippen LogP contribution in [0.25, 0.3) is 22.6 Å². The third kappa shape index (κ3) is 6.24. The molecule has 0 bridgehead atoms. The number of aliphatic hydroxyl groups excluding tert-OH is 1. The van der Waals surface area contributed by atoms with Gasteiger partial charge < -0.3 is 24.5 Å². The fourth-order valence-electron chi connectivity index (χ4n) is 3.33. The monoisotopic (exact) mass is 508 g/mol. The van der Waals surface area contributed by atoms with Crippen LogP contribution >= 0.6 is 7.82 Å². The van der Waals surface area contributed by atoms with Crippen LogP contribution in [0, 0.1) is 5.82 Å². The van der Waals surface area contributed by atoms with Crippen LogP contribution in [0.3, 0.4) is 0 Å². The van der Waals surface area contributed by atoms with Gasteiger partial charge in [-0.2, -0.15) is 4.80 Å². The van der Waals surface area contributed by atoms with Crippen LogP contribution in [-0.4, -0.2) is 69.8 Å². The standard InChI is InChI=1S/C20H19FN6O3.H3O4P/c1-11(28)18-10-26(20(29)30-18)14-5-6-15(16(21)8-14)12-2-7-17(22-9-12)19-23-25-27(24-19)13-3-4-13;1-5(2,3)4/h2,5-9,11,13,18,28H,3-4,10H2,1H3;(H3,1,2,3,4)/t11?,18-;/m0./s1. The lowest BCUT2D eigenvalue weighted by Crippen LogP contribution is -2.29. The first-order valence-corrected chi connectivity index (χ1v) is 12.1. The molecule has 1 amide bonds. The summed E-state index contributed by atoms with van der Waals surface area (Å²) in [6.45, 7) is 1.71. The minimum atomic E-state index is -4.64. The first kappa shape index (κ1) is 24.8. The average Bonchev–Trinajstić information content (AvgIpc) is 3.37. The largest absolute Gasteiger partial charge is 0.466 e. The lowest BCUT2D eigenvalue weighted by Gasteiger charge is -2.15. The molecule has 0 spiro atoms. The summed E-state index contributed by atoms with van der Waals surface area (Å²) in [7, 11) is -4.64. The predicted octanol–water partition coefficient (Wildman–Crippen LogP) is 1.65. The zero-order valence-corrected chi connectivity index (χ0v) is 19.2. The predicted molar refractivity (Wildman–Crippen MR) is 118 cm³/mol. The molecule has 1 aromatic carbocycles. The quantitative estimate of drug-likeness (QED) is 0.368. The molecule has 1 saturated carbocycles. The molecule has 1 aliphatic heterocycles. The molecule has 15 heteroatoms. The molecule has 3 aromatic rings. The van der Waals surface area contributed by atoms with Gasteiger partial charge >= 0.3 is 13.9 Å². The summed E-state index contributed by atoms with van der Waals surface area (Å²) >= 11 is 0. The number of amides is 1. The molecule has 2 aromatic heterocycles. The normalized spacial score (nSPS) is 18.6. The highest BCUT2D eigenvalue weighted by molar-refractivity contribution is 7.45. The number of hydrogen-bond donors (Lipinski definition) is 4. The Morgan fingerprint density at radius 1 is 1.20 bits per heavy atom. The van der Waals surface area contributed by atoms with Crippen molar-refractivity contribution in [3.63, 3.8) is 0 Å². The summed E-state index contributed by atoms with van der Waals surface area (Å²) in [6, 6.07) is 8.31. The maximum atomic E-state index is 14.8. The zero-order chi connectivity index (χ0) is 25.3. The molecule has 2 fully saturated rings. The number of pyridine rings is 1. The smallest absolute Gasteiger partial charge is 0.441 e. The molecule has 5 rings (SSSR count). The van der Waals surface area contributed by atoms with E-state index in [-0.39, 0.29) is 6.54 Å². The lowest BCUT2D eigenvalue weighted by molar-refractivity contribution is 0.0437. The van der Waals surface area contributed by atoms with Crippen molar-refractivity contribution in [1.29, 1.82) is 0 Å². The second-order valence-electron chi connectivity index (χ2n) is 8.05. The van der Waals surface area contributed by atoms with Gasteiger partial charge in [0.25, 0.3) is 0 Å². The van der Waals surface area contributed by atoms with Gasteiger partial charge in [0.05, 0.1) is 24.4 Å². The lowest BCUT2D eigenvalue weighted by atomic mass is 10.1. The molecule has 13 nitrogen and oxygen atoms in total. The molecule has 2 aliphatic rings.